The zero-order chi connectivity index (χ0) is 24.5. The van der Waals surface area contributed by atoms with Crippen molar-refractivity contribution in [2.75, 3.05) is 21.3 Å². The number of carbonyl (C=O) groups excluding carboxylic acids is 3. The lowest BCUT2D eigenvalue weighted by Crippen LogP contribution is -2.49. The van der Waals surface area contributed by atoms with Crippen LogP contribution in [0.2, 0.25) is 0 Å². The molecule has 2 unspecified atom stereocenters. The maximum atomic E-state index is 12.3. The van der Waals surface area contributed by atoms with Crippen LogP contribution in [0.3, 0.4) is 0 Å². The van der Waals surface area contributed by atoms with E-state index >= 15 is 0 Å². The van der Waals surface area contributed by atoms with Gasteiger partial charge in [-0.25, -0.2) is 4.79 Å². The average Bonchev–Trinajstić information content (AvgIpc) is 2.82. The quantitative estimate of drug-likeness (QED) is 0.168. The molecule has 0 aromatic heterocycles. The predicted octanol–water partition coefficient (Wildman–Crippen LogP) is 1.59. The standard InChI is InChI=1S/C23H29N3O6S/c1-13(24)15-6-8-20(31-3)17(11-15)16-9-14(5-7-19(16)30-2)10-18(23(29)32-4)26-21(28)22(33)25-12-27/h5-9,11-13,18,22,33H,10,24H2,1-4H3,(H,25,27)(H,26,28)/t13?,18?,22-/m0/s1. The largest absolute Gasteiger partial charge is 0.496 e. The second kappa shape index (κ2) is 12.1. The van der Waals surface area contributed by atoms with Crippen molar-refractivity contribution in [2.45, 2.75) is 30.8 Å². The lowest BCUT2D eigenvalue weighted by atomic mass is 9.95. The van der Waals surface area contributed by atoms with E-state index in [1.807, 2.05) is 31.2 Å². The molecule has 0 bridgehead atoms. The van der Waals surface area contributed by atoms with Gasteiger partial charge in [0.15, 0.2) is 5.37 Å². The summed E-state index contributed by atoms with van der Waals surface area (Å²) in [6.07, 6.45) is 0.482. The van der Waals surface area contributed by atoms with Gasteiger partial charge in [-0.15, -0.1) is 12.6 Å². The molecule has 0 saturated carbocycles. The Morgan fingerprint density at radius 2 is 1.67 bits per heavy atom. The van der Waals surface area contributed by atoms with Crippen molar-refractivity contribution in [2.24, 2.45) is 5.73 Å². The number of hydrogen-bond donors (Lipinski definition) is 4. The van der Waals surface area contributed by atoms with Crippen LogP contribution < -0.4 is 25.8 Å². The molecule has 0 fully saturated rings. The molecule has 2 aromatic carbocycles. The molecule has 3 atom stereocenters. The summed E-state index contributed by atoms with van der Waals surface area (Å²) in [6, 6.07) is 9.90. The first kappa shape index (κ1) is 26.0. The molecule has 2 amide bonds. The molecule has 0 aliphatic carbocycles. The molecular formula is C23H29N3O6S. The van der Waals surface area contributed by atoms with E-state index in [-0.39, 0.29) is 12.5 Å². The van der Waals surface area contributed by atoms with Gasteiger partial charge in [0, 0.05) is 23.6 Å². The van der Waals surface area contributed by atoms with Crippen LogP contribution in [-0.4, -0.2) is 51.0 Å². The van der Waals surface area contributed by atoms with Crippen molar-refractivity contribution in [1.29, 1.82) is 0 Å². The van der Waals surface area contributed by atoms with Crippen LogP contribution in [0.25, 0.3) is 11.1 Å². The third kappa shape index (κ3) is 6.62. The number of benzene rings is 2. The minimum atomic E-state index is -1.11. The number of nitrogens with two attached hydrogens (primary N) is 1. The van der Waals surface area contributed by atoms with Gasteiger partial charge in [0.05, 0.1) is 21.3 Å². The molecule has 0 heterocycles. The van der Waals surface area contributed by atoms with Crippen molar-refractivity contribution in [1.82, 2.24) is 10.6 Å². The summed E-state index contributed by atoms with van der Waals surface area (Å²) in [6.45, 7) is 1.89. The van der Waals surface area contributed by atoms with Crippen LogP contribution in [-0.2, 0) is 25.5 Å². The molecule has 2 aromatic rings. The molecule has 0 radical (unpaired) electrons. The van der Waals surface area contributed by atoms with Crippen LogP contribution in [0.4, 0.5) is 0 Å². The summed E-state index contributed by atoms with van der Waals surface area (Å²) < 4.78 is 15.9. The number of nitrogens with one attached hydrogen (secondary N) is 2. The van der Waals surface area contributed by atoms with Gasteiger partial charge in [0.2, 0.25) is 6.41 Å². The molecule has 0 spiro atoms. The summed E-state index contributed by atoms with van der Waals surface area (Å²) in [5.74, 6) is -0.0431. The first-order valence-corrected chi connectivity index (χ1v) is 10.6. The van der Waals surface area contributed by atoms with Gasteiger partial charge in [-0.1, -0.05) is 12.1 Å². The third-order valence-electron chi connectivity index (χ3n) is 5.02. The zero-order valence-electron chi connectivity index (χ0n) is 19.0. The Labute approximate surface area is 198 Å². The summed E-state index contributed by atoms with van der Waals surface area (Å²) in [4.78, 5) is 35.2. The highest BCUT2D eigenvalue weighted by atomic mass is 32.1. The number of esters is 1. The fraction of sp³-hybridized carbons (Fsp3) is 0.348. The number of amides is 2. The fourth-order valence-electron chi connectivity index (χ4n) is 3.27. The van der Waals surface area contributed by atoms with E-state index in [1.165, 1.54) is 7.11 Å². The van der Waals surface area contributed by atoms with Crippen LogP contribution >= 0.6 is 12.6 Å². The molecule has 0 aliphatic rings. The summed E-state index contributed by atoms with van der Waals surface area (Å²) in [5.41, 5.74) is 9.22. The average molecular weight is 476 g/mol. The number of thiol groups is 1. The van der Waals surface area contributed by atoms with Gasteiger partial charge >= 0.3 is 5.97 Å². The SMILES string of the molecule is COC(=O)C(Cc1ccc(OC)c(-c2cc(C(C)N)ccc2OC)c1)NC(=O)[C@H](S)NC=O. The van der Waals surface area contributed by atoms with E-state index in [2.05, 4.69) is 23.3 Å². The first-order valence-electron chi connectivity index (χ1n) is 10.1. The van der Waals surface area contributed by atoms with Crippen LogP contribution in [0.5, 0.6) is 11.5 Å². The molecule has 4 N–H and O–H groups in total. The van der Waals surface area contributed by atoms with Crippen molar-refractivity contribution in [3.05, 3.63) is 47.5 Å². The van der Waals surface area contributed by atoms with E-state index in [0.717, 1.165) is 22.3 Å². The predicted molar refractivity (Wildman–Crippen MR) is 127 cm³/mol. The Balaban J connectivity index is 2.45. The number of methoxy groups -OCH3 is 3. The van der Waals surface area contributed by atoms with Gasteiger partial charge in [-0.3, -0.25) is 9.59 Å². The molecule has 0 aliphatic heterocycles. The molecule has 33 heavy (non-hydrogen) atoms. The summed E-state index contributed by atoms with van der Waals surface area (Å²) in [5, 5.41) is 3.67. The third-order valence-corrected chi connectivity index (χ3v) is 5.40. The molecule has 2 rings (SSSR count). The highest BCUT2D eigenvalue weighted by molar-refractivity contribution is 7.81. The summed E-state index contributed by atoms with van der Waals surface area (Å²) in [7, 11) is 4.36. The van der Waals surface area contributed by atoms with Crippen molar-refractivity contribution < 1.29 is 28.6 Å². The van der Waals surface area contributed by atoms with Crippen LogP contribution in [0, 0.1) is 0 Å². The van der Waals surface area contributed by atoms with Crippen LogP contribution in [0.1, 0.15) is 24.1 Å². The normalized spacial score (nSPS) is 13.3. The second-order valence-corrected chi connectivity index (χ2v) is 7.77. The Bertz CT molecular complexity index is 998. The molecule has 178 valence electrons. The maximum Gasteiger partial charge on any atom is 0.328 e. The van der Waals surface area contributed by atoms with E-state index in [4.69, 9.17) is 19.9 Å². The molecule has 10 heteroatoms. The highest BCUT2D eigenvalue weighted by Crippen LogP contribution is 2.38. The Morgan fingerprint density at radius 1 is 1.06 bits per heavy atom. The number of ether oxygens (including phenoxy) is 3. The number of carbonyl (C=O) groups is 3. The minimum Gasteiger partial charge on any atom is -0.496 e. The van der Waals surface area contributed by atoms with Crippen molar-refractivity contribution in [3.8, 4) is 22.6 Å². The Kier molecular flexibility index (Phi) is 9.56. The molecule has 0 saturated heterocycles. The first-order chi connectivity index (χ1) is 15.7. The lowest BCUT2D eigenvalue weighted by Gasteiger charge is -2.20. The Morgan fingerprint density at radius 3 is 2.21 bits per heavy atom. The van der Waals surface area contributed by atoms with Gasteiger partial charge in [0.25, 0.3) is 5.91 Å². The van der Waals surface area contributed by atoms with E-state index in [9.17, 15) is 14.4 Å². The van der Waals surface area contributed by atoms with Gasteiger partial charge < -0.3 is 30.6 Å². The monoisotopic (exact) mass is 475 g/mol. The lowest BCUT2D eigenvalue weighted by molar-refractivity contribution is -0.145. The topological polar surface area (TPSA) is 129 Å². The van der Waals surface area contributed by atoms with E-state index in [1.54, 1.807) is 26.4 Å². The molecule has 9 nitrogen and oxygen atoms in total. The summed E-state index contributed by atoms with van der Waals surface area (Å²) >= 11 is 3.99. The number of hydrogen-bond acceptors (Lipinski definition) is 8. The molecular weight excluding hydrogens is 446 g/mol. The van der Waals surface area contributed by atoms with Crippen molar-refractivity contribution in [3.63, 3.8) is 0 Å². The second-order valence-electron chi connectivity index (χ2n) is 7.26. The van der Waals surface area contributed by atoms with Crippen molar-refractivity contribution >= 4 is 30.9 Å². The van der Waals surface area contributed by atoms with E-state index in [0.29, 0.717) is 17.9 Å². The smallest absolute Gasteiger partial charge is 0.328 e. The Hall–Kier alpha value is -3.24. The van der Waals surface area contributed by atoms with Gasteiger partial charge in [-0.05, 0) is 42.3 Å². The maximum absolute atomic E-state index is 12.3. The fourth-order valence-corrected chi connectivity index (χ4v) is 3.41. The van der Waals surface area contributed by atoms with Gasteiger partial charge in [-0.2, -0.15) is 0 Å². The minimum absolute atomic E-state index is 0.131. The van der Waals surface area contributed by atoms with Crippen LogP contribution in [0.15, 0.2) is 36.4 Å². The highest BCUT2D eigenvalue weighted by Gasteiger charge is 2.25. The van der Waals surface area contributed by atoms with Gasteiger partial charge in [0.1, 0.15) is 17.5 Å². The zero-order valence-corrected chi connectivity index (χ0v) is 19.8. The van der Waals surface area contributed by atoms with E-state index < -0.39 is 23.3 Å². The number of rotatable bonds is 11.